The molecule has 0 aliphatic carbocycles. The minimum Gasteiger partial charge on any atom is -0.393 e. The van der Waals surface area contributed by atoms with Gasteiger partial charge in [0.25, 0.3) is 5.91 Å². The molecule has 1 rings (SSSR count). The summed E-state index contributed by atoms with van der Waals surface area (Å²) in [5.74, 6) is -0.0839. The number of aliphatic hydroxyl groups is 1. The van der Waals surface area contributed by atoms with Gasteiger partial charge in [0.2, 0.25) is 0 Å². The highest BCUT2D eigenvalue weighted by Gasteiger charge is 2.04. The van der Waals surface area contributed by atoms with Gasteiger partial charge in [0, 0.05) is 12.1 Å². The fourth-order valence-corrected chi connectivity index (χ4v) is 1.28. The van der Waals surface area contributed by atoms with Crippen LogP contribution in [0.15, 0.2) is 24.3 Å². The molecule has 0 bridgehead atoms. The molecule has 0 heterocycles. The maximum absolute atomic E-state index is 11.6. The van der Waals surface area contributed by atoms with E-state index in [0.29, 0.717) is 18.5 Å². The monoisotopic (exact) mass is 207 g/mol. The fraction of sp³-hybridized carbons (Fsp3) is 0.417. The van der Waals surface area contributed by atoms with E-state index in [2.05, 4.69) is 5.32 Å². The number of rotatable bonds is 4. The van der Waals surface area contributed by atoms with Crippen molar-refractivity contribution >= 4 is 5.91 Å². The summed E-state index contributed by atoms with van der Waals surface area (Å²) in [6, 6.07) is 7.44. The molecule has 0 spiro atoms. The third-order valence-corrected chi connectivity index (χ3v) is 2.13. The van der Waals surface area contributed by atoms with Crippen LogP contribution in [0, 0.1) is 6.92 Å². The second-order valence-corrected chi connectivity index (χ2v) is 3.76. The Morgan fingerprint density at radius 3 is 2.87 bits per heavy atom. The Labute approximate surface area is 90.1 Å². The molecule has 1 unspecified atom stereocenters. The third kappa shape index (κ3) is 4.13. The van der Waals surface area contributed by atoms with Crippen LogP contribution in [0.4, 0.5) is 0 Å². The van der Waals surface area contributed by atoms with Crippen molar-refractivity contribution in [2.45, 2.75) is 26.4 Å². The van der Waals surface area contributed by atoms with E-state index in [9.17, 15) is 4.79 Å². The van der Waals surface area contributed by atoms with E-state index < -0.39 is 0 Å². The lowest BCUT2D eigenvalue weighted by molar-refractivity contribution is 0.0945. The van der Waals surface area contributed by atoms with Gasteiger partial charge in [-0.3, -0.25) is 4.79 Å². The number of amides is 1. The molecule has 1 aromatic rings. The average Bonchev–Trinajstić information content (AvgIpc) is 2.17. The number of hydrogen-bond donors (Lipinski definition) is 2. The summed E-state index contributed by atoms with van der Waals surface area (Å²) < 4.78 is 0. The maximum atomic E-state index is 11.6. The van der Waals surface area contributed by atoms with Gasteiger partial charge in [0.05, 0.1) is 6.10 Å². The lowest BCUT2D eigenvalue weighted by Crippen LogP contribution is -2.26. The lowest BCUT2D eigenvalue weighted by Gasteiger charge is -2.07. The molecule has 3 heteroatoms. The number of benzene rings is 1. The molecule has 3 nitrogen and oxygen atoms in total. The van der Waals surface area contributed by atoms with Crippen molar-refractivity contribution in [1.82, 2.24) is 5.32 Å². The van der Waals surface area contributed by atoms with Crippen molar-refractivity contribution in [1.29, 1.82) is 0 Å². The molecule has 0 saturated carbocycles. The second kappa shape index (κ2) is 5.51. The van der Waals surface area contributed by atoms with Crippen LogP contribution in [-0.4, -0.2) is 23.7 Å². The topological polar surface area (TPSA) is 49.3 Å². The minimum absolute atomic E-state index is 0.0839. The zero-order chi connectivity index (χ0) is 11.3. The molecule has 0 fully saturated rings. The third-order valence-electron chi connectivity index (χ3n) is 2.13. The summed E-state index contributed by atoms with van der Waals surface area (Å²) in [4.78, 5) is 11.6. The molecule has 0 aromatic heterocycles. The number of nitrogens with one attached hydrogen (secondary N) is 1. The zero-order valence-electron chi connectivity index (χ0n) is 9.16. The summed E-state index contributed by atoms with van der Waals surface area (Å²) in [7, 11) is 0. The van der Waals surface area contributed by atoms with Crippen molar-refractivity contribution < 1.29 is 9.90 Å². The highest BCUT2D eigenvalue weighted by atomic mass is 16.3. The van der Waals surface area contributed by atoms with Gasteiger partial charge in [0.1, 0.15) is 0 Å². The van der Waals surface area contributed by atoms with Crippen LogP contribution in [0.5, 0.6) is 0 Å². The van der Waals surface area contributed by atoms with E-state index in [0.717, 1.165) is 5.56 Å². The van der Waals surface area contributed by atoms with E-state index in [1.807, 2.05) is 25.1 Å². The van der Waals surface area contributed by atoms with Crippen LogP contribution in [0.25, 0.3) is 0 Å². The normalized spacial score (nSPS) is 12.2. The standard InChI is InChI=1S/C12H17NO2/c1-9-4-3-5-11(8-9)12(15)13-7-6-10(2)14/h3-5,8,10,14H,6-7H2,1-2H3,(H,13,15). The van der Waals surface area contributed by atoms with Gasteiger partial charge in [-0.1, -0.05) is 17.7 Å². The Morgan fingerprint density at radius 2 is 2.27 bits per heavy atom. The number of aliphatic hydroxyl groups excluding tert-OH is 1. The number of hydrogen-bond acceptors (Lipinski definition) is 2. The largest absolute Gasteiger partial charge is 0.393 e. The van der Waals surface area contributed by atoms with Crippen LogP contribution in [0.3, 0.4) is 0 Å². The molecule has 82 valence electrons. The predicted molar refractivity (Wildman–Crippen MR) is 59.8 cm³/mol. The SMILES string of the molecule is Cc1cccc(C(=O)NCCC(C)O)c1. The molecule has 0 aliphatic rings. The first-order valence-electron chi connectivity index (χ1n) is 5.12. The van der Waals surface area contributed by atoms with Crippen molar-refractivity contribution in [2.24, 2.45) is 0 Å². The Hall–Kier alpha value is -1.35. The van der Waals surface area contributed by atoms with Gasteiger partial charge in [-0.15, -0.1) is 0 Å². The molecule has 1 aromatic carbocycles. The first-order chi connectivity index (χ1) is 7.09. The van der Waals surface area contributed by atoms with Crippen molar-refractivity contribution in [3.8, 4) is 0 Å². The molecule has 15 heavy (non-hydrogen) atoms. The molecule has 0 aliphatic heterocycles. The predicted octanol–water partition coefficient (Wildman–Crippen LogP) is 1.50. The van der Waals surface area contributed by atoms with E-state index in [1.54, 1.807) is 13.0 Å². The molecule has 1 atom stereocenters. The number of carbonyl (C=O) groups is 1. The van der Waals surface area contributed by atoms with Gasteiger partial charge in [-0.2, -0.15) is 0 Å². The molecular formula is C12H17NO2. The first-order valence-corrected chi connectivity index (χ1v) is 5.12. The number of aryl methyl sites for hydroxylation is 1. The Kier molecular flexibility index (Phi) is 4.31. The van der Waals surface area contributed by atoms with E-state index in [1.165, 1.54) is 0 Å². The summed E-state index contributed by atoms with van der Waals surface area (Å²) >= 11 is 0. The van der Waals surface area contributed by atoms with Gasteiger partial charge in [-0.05, 0) is 32.4 Å². The van der Waals surface area contributed by atoms with Crippen molar-refractivity contribution in [3.63, 3.8) is 0 Å². The quantitative estimate of drug-likeness (QED) is 0.786. The van der Waals surface area contributed by atoms with Gasteiger partial charge in [0.15, 0.2) is 0 Å². The van der Waals surface area contributed by atoms with Crippen molar-refractivity contribution in [3.05, 3.63) is 35.4 Å². The minimum atomic E-state index is -0.372. The maximum Gasteiger partial charge on any atom is 0.251 e. The lowest BCUT2D eigenvalue weighted by atomic mass is 10.1. The highest BCUT2D eigenvalue weighted by Crippen LogP contribution is 2.03. The van der Waals surface area contributed by atoms with Crippen LogP contribution in [0.1, 0.15) is 29.3 Å². The molecular weight excluding hydrogens is 190 g/mol. The average molecular weight is 207 g/mol. The Balaban J connectivity index is 2.47. The van der Waals surface area contributed by atoms with E-state index >= 15 is 0 Å². The summed E-state index contributed by atoms with van der Waals surface area (Å²) in [6.45, 7) is 4.16. The molecule has 2 N–H and O–H groups in total. The van der Waals surface area contributed by atoms with Crippen molar-refractivity contribution in [2.75, 3.05) is 6.54 Å². The fourth-order valence-electron chi connectivity index (χ4n) is 1.28. The van der Waals surface area contributed by atoms with E-state index in [-0.39, 0.29) is 12.0 Å². The number of carbonyl (C=O) groups excluding carboxylic acids is 1. The molecule has 0 radical (unpaired) electrons. The van der Waals surface area contributed by atoms with Crippen LogP contribution in [-0.2, 0) is 0 Å². The zero-order valence-corrected chi connectivity index (χ0v) is 9.16. The van der Waals surface area contributed by atoms with Crippen LogP contribution >= 0.6 is 0 Å². The molecule has 0 saturated heterocycles. The van der Waals surface area contributed by atoms with Gasteiger partial charge in [-0.25, -0.2) is 0 Å². The van der Waals surface area contributed by atoms with Gasteiger partial charge < -0.3 is 10.4 Å². The first kappa shape index (κ1) is 11.7. The Bertz CT molecular complexity index is 334. The second-order valence-electron chi connectivity index (χ2n) is 3.76. The molecule has 1 amide bonds. The summed E-state index contributed by atoms with van der Waals surface area (Å²) in [5, 5.41) is 11.8. The van der Waals surface area contributed by atoms with Crippen LogP contribution < -0.4 is 5.32 Å². The van der Waals surface area contributed by atoms with Crippen LogP contribution in [0.2, 0.25) is 0 Å². The highest BCUT2D eigenvalue weighted by molar-refractivity contribution is 5.94. The summed E-state index contributed by atoms with van der Waals surface area (Å²) in [5.41, 5.74) is 1.73. The Morgan fingerprint density at radius 1 is 1.53 bits per heavy atom. The van der Waals surface area contributed by atoms with E-state index in [4.69, 9.17) is 5.11 Å². The summed E-state index contributed by atoms with van der Waals surface area (Å²) in [6.07, 6.45) is 0.209. The smallest absolute Gasteiger partial charge is 0.251 e. The van der Waals surface area contributed by atoms with Gasteiger partial charge >= 0.3 is 0 Å².